The lowest BCUT2D eigenvalue weighted by Crippen LogP contribution is -2.24. The van der Waals surface area contributed by atoms with Crippen LogP contribution >= 0.6 is 0 Å². The van der Waals surface area contributed by atoms with Gasteiger partial charge in [-0.15, -0.1) is 0 Å². The number of pyridine rings is 1. The van der Waals surface area contributed by atoms with E-state index in [9.17, 15) is 9.50 Å². The molecule has 1 aromatic carbocycles. The highest BCUT2D eigenvalue weighted by molar-refractivity contribution is 5.24. The average molecular weight is 231 g/mol. The summed E-state index contributed by atoms with van der Waals surface area (Å²) in [5.41, 5.74) is 0.449. The van der Waals surface area contributed by atoms with Crippen LogP contribution in [-0.2, 0) is 12.0 Å². The van der Waals surface area contributed by atoms with E-state index in [1.165, 1.54) is 12.1 Å². The van der Waals surface area contributed by atoms with Crippen molar-refractivity contribution in [3.63, 3.8) is 0 Å². The fourth-order valence-electron chi connectivity index (χ4n) is 1.83. The third kappa shape index (κ3) is 2.88. The summed E-state index contributed by atoms with van der Waals surface area (Å²) in [6.45, 7) is 1.70. The number of aliphatic hydroxyl groups is 1. The largest absolute Gasteiger partial charge is 0.385 e. The molecule has 0 saturated heterocycles. The standard InChI is InChI=1S/C14H14FNO/c1-14(17,12-5-3-7-16-10-12)9-11-4-2-6-13(15)8-11/h2-8,10,17H,9H2,1H3. The first kappa shape index (κ1) is 11.7. The quantitative estimate of drug-likeness (QED) is 0.881. The van der Waals surface area contributed by atoms with Crippen molar-refractivity contribution in [1.82, 2.24) is 4.98 Å². The van der Waals surface area contributed by atoms with E-state index in [0.717, 1.165) is 11.1 Å². The van der Waals surface area contributed by atoms with E-state index in [4.69, 9.17) is 0 Å². The molecular formula is C14H14FNO. The lowest BCUT2D eigenvalue weighted by atomic mass is 9.90. The van der Waals surface area contributed by atoms with Crippen LogP contribution in [0.2, 0.25) is 0 Å². The van der Waals surface area contributed by atoms with Gasteiger partial charge in [-0.2, -0.15) is 0 Å². The predicted octanol–water partition coefficient (Wildman–Crippen LogP) is 2.67. The molecule has 1 unspecified atom stereocenters. The van der Waals surface area contributed by atoms with Crippen molar-refractivity contribution in [2.75, 3.05) is 0 Å². The molecule has 2 nitrogen and oxygen atoms in total. The van der Waals surface area contributed by atoms with Crippen molar-refractivity contribution in [3.8, 4) is 0 Å². The van der Waals surface area contributed by atoms with E-state index in [1.807, 2.05) is 6.07 Å². The lowest BCUT2D eigenvalue weighted by Gasteiger charge is -2.23. The zero-order valence-corrected chi connectivity index (χ0v) is 9.60. The fraction of sp³-hybridized carbons (Fsp3) is 0.214. The molecule has 0 aliphatic carbocycles. The Kier molecular flexibility index (Phi) is 3.20. The average Bonchev–Trinajstić information content (AvgIpc) is 2.29. The minimum atomic E-state index is -1.04. The molecular weight excluding hydrogens is 217 g/mol. The van der Waals surface area contributed by atoms with Gasteiger partial charge in [0.25, 0.3) is 0 Å². The van der Waals surface area contributed by atoms with Crippen molar-refractivity contribution in [2.45, 2.75) is 18.9 Å². The summed E-state index contributed by atoms with van der Waals surface area (Å²) in [7, 11) is 0. The Balaban J connectivity index is 2.23. The molecule has 2 aromatic rings. The normalized spacial score (nSPS) is 14.3. The Morgan fingerprint density at radius 1 is 1.29 bits per heavy atom. The number of nitrogens with zero attached hydrogens (tertiary/aromatic N) is 1. The molecule has 1 aromatic heterocycles. The number of hydrogen-bond donors (Lipinski definition) is 1. The maximum absolute atomic E-state index is 13.1. The van der Waals surface area contributed by atoms with E-state index in [1.54, 1.807) is 37.5 Å². The smallest absolute Gasteiger partial charge is 0.123 e. The SMILES string of the molecule is CC(O)(Cc1cccc(F)c1)c1cccnc1. The number of halogens is 1. The summed E-state index contributed by atoms with van der Waals surface area (Å²) in [5, 5.41) is 10.4. The maximum Gasteiger partial charge on any atom is 0.123 e. The zero-order valence-electron chi connectivity index (χ0n) is 9.60. The van der Waals surface area contributed by atoms with Gasteiger partial charge in [0.15, 0.2) is 0 Å². The van der Waals surface area contributed by atoms with E-state index >= 15 is 0 Å². The molecule has 1 heterocycles. The first-order valence-electron chi connectivity index (χ1n) is 5.45. The van der Waals surface area contributed by atoms with Crippen molar-refractivity contribution in [1.29, 1.82) is 0 Å². The molecule has 0 bridgehead atoms. The van der Waals surface area contributed by atoms with Gasteiger partial charge in [0, 0.05) is 24.4 Å². The number of rotatable bonds is 3. The Bertz CT molecular complexity index is 497. The Morgan fingerprint density at radius 3 is 2.76 bits per heavy atom. The molecule has 0 radical (unpaired) electrons. The Morgan fingerprint density at radius 2 is 2.12 bits per heavy atom. The van der Waals surface area contributed by atoms with Crippen LogP contribution in [0.5, 0.6) is 0 Å². The number of aromatic nitrogens is 1. The van der Waals surface area contributed by atoms with Crippen molar-refractivity contribution in [2.24, 2.45) is 0 Å². The molecule has 0 saturated carbocycles. The minimum Gasteiger partial charge on any atom is -0.385 e. The highest BCUT2D eigenvalue weighted by atomic mass is 19.1. The monoisotopic (exact) mass is 231 g/mol. The van der Waals surface area contributed by atoms with Crippen LogP contribution in [0.1, 0.15) is 18.1 Å². The third-order valence-corrected chi connectivity index (χ3v) is 2.72. The van der Waals surface area contributed by atoms with Crippen LogP contribution in [0.25, 0.3) is 0 Å². The van der Waals surface area contributed by atoms with E-state index in [0.29, 0.717) is 6.42 Å². The highest BCUT2D eigenvalue weighted by Crippen LogP contribution is 2.24. The summed E-state index contributed by atoms with van der Waals surface area (Å²) in [5.74, 6) is -0.288. The summed E-state index contributed by atoms with van der Waals surface area (Å²) in [6.07, 6.45) is 3.64. The highest BCUT2D eigenvalue weighted by Gasteiger charge is 2.23. The molecule has 1 N–H and O–H groups in total. The van der Waals surface area contributed by atoms with Gasteiger partial charge in [-0.25, -0.2) is 4.39 Å². The van der Waals surface area contributed by atoms with Gasteiger partial charge in [-0.05, 0) is 30.7 Å². The van der Waals surface area contributed by atoms with Crippen LogP contribution in [0, 0.1) is 5.82 Å². The molecule has 0 fully saturated rings. The molecule has 88 valence electrons. The fourth-order valence-corrected chi connectivity index (χ4v) is 1.83. The molecule has 17 heavy (non-hydrogen) atoms. The van der Waals surface area contributed by atoms with Gasteiger partial charge in [0.1, 0.15) is 5.82 Å². The first-order chi connectivity index (χ1) is 8.08. The number of benzene rings is 1. The van der Waals surface area contributed by atoms with Crippen LogP contribution in [0.3, 0.4) is 0 Å². The summed E-state index contributed by atoms with van der Waals surface area (Å²) < 4.78 is 13.1. The zero-order chi connectivity index (χ0) is 12.3. The minimum absolute atomic E-state index is 0.288. The van der Waals surface area contributed by atoms with Gasteiger partial charge < -0.3 is 5.11 Å². The molecule has 0 amide bonds. The van der Waals surface area contributed by atoms with Gasteiger partial charge >= 0.3 is 0 Å². The summed E-state index contributed by atoms with van der Waals surface area (Å²) in [6, 6.07) is 9.85. The van der Waals surface area contributed by atoms with Crippen LogP contribution in [0.15, 0.2) is 48.8 Å². The van der Waals surface area contributed by atoms with Gasteiger partial charge in [0.05, 0.1) is 5.60 Å². The van der Waals surface area contributed by atoms with Crippen molar-refractivity contribution < 1.29 is 9.50 Å². The van der Waals surface area contributed by atoms with Crippen LogP contribution < -0.4 is 0 Å². The second-order valence-electron chi connectivity index (χ2n) is 4.32. The van der Waals surface area contributed by atoms with E-state index < -0.39 is 5.60 Å². The van der Waals surface area contributed by atoms with Crippen molar-refractivity contribution >= 4 is 0 Å². The maximum atomic E-state index is 13.1. The predicted molar refractivity (Wildman–Crippen MR) is 63.9 cm³/mol. The van der Waals surface area contributed by atoms with E-state index in [-0.39, 0.29) is 5.82 Å². The molecule has 2 rings (SSSR count). The van der Waals surface area contributed by atoms with Crippen LogP contribution in [-0.4, -0.2) is 10.1 Å². The number of hydrogen-bond acceptors (Lipinski definition) is 2. The third-order valence-electron chi connectivity index (χ3n) is 2.72. The van der Waals surface area contributed by atoms with E-state index in [2.05, 4.69) is 4.98 Å². The van der Waals surface area contributed by atoms with Crippen molar-refractivity contribution in [3.05, 3.63) is 65.7 Å². The van der Waals surface area contributed by atoms with Gasteiger partial charge in [0.2, 0.25) is 0 Å². The first-order valence-corrected chi connectivity index (χ1v) is 5.45. The molecule has 0 spiro atoms. The Hall–Kier alpha value is -1.74. The van der Waals surface area contributed by atoms with Gasteiger partial charge in [-0.3, -0.25) is 4.98 Å². The molecule has 1 atom stereocenters. The van der Waals surface area contributed by atoms with Gasteiger partial charge in [-0.1, -0.05) is 18.2 Å². The van der Waals surface area contributed by atoms with Crippen LogP contribution in [0.4, 0.5) is 4.39 Å². The topological polar surface area (TPSA) is 33.1 Å². The molecule has 0 aliphatic rings. The summed E-state index contributed by atoms with van der Waals surface area (Å²) in [4.78, 5) is 3.98. The molecule has 3 heteroatoms. The second kappa shape index (κ2) is 4.63. The lowest BCUT2D eigenvalue weighted by molar-refractivity contribution is 0.0572. The second-order valence-corrected chi connectivity index (χ2v) is 4.32. The Labute approximate surface area is 99.8 Å². The molecule has 0 aliphatic heterocycles. The summed E-state index contributed by atoms with van der Waals surface area (Å²) >= 11 is 0.